The lowest BCUT2D eigenvalue weighted by Crippen LogP contribution is -2.05. The molecule has 0 atom stereocenters. The van der Waals surface area contributed by atoms with Crippen molar-refractivity contribution in [1.29, 1.82) is 10.5 Å². The molecule has 4 heteroatoms. The Balaban J connectivity index is 2.20. The molecule has 4 nitrogen and oxygen atoms in total. The molecule has 2 aromatic rings. The van der Waals surface area contributed by atoms with Crippen LogP contribution in [0.5, 0.6) is 11.5 Å². The molecule has 0 bridgehead atoms. The number of nitrogens with zero attached hydrogens (tertiary/aromatic N) is 2. The predicted molar refractivity (Wildman–Crippen MR) is 65.7 cm³/mol. The molecule has 0 unspecified atom stereocenters. The highest BCUT2D eigenvalue weighted by Crippen LogP contribution is 2.43. The maximum absolute atomic E-state index is 9.16. The van der Waals surface area contributed by atoms with Crippen LogP contribution in [0.25, 0.3) is 0 Å². The van der Waals surface area contributed by atoms with Crippen LogP contribution < -0.4 is 10.1 Å². The van der Waals surface area contributed by atoms with Crippen LogP contribution in [0.2, 0.25) is 0 Å². The minimum Gasteiger partial charge on any atom is -0.453 e. The van der Waals surface area contributed by atoms with Crippen molar-refractivity contribution in [2.24, 2.45) is 0 Å². The Morgan fingerprint density at radius 3 is 2.56 bits per heavy atom. The molecule has 1 N–H and O–H groups in total. The number of hydrogen-bond donors (Lipinski definition) is 1. The van der Waals surface area contributed by atoms with Gasteiger partial charge in [0.15, 0.2) is 11.5 Å². The fourth-order valence-corrected chi connectivity index (χ4v) is 1.91. The number of nitriles is 2. The van der Waals surface area contributed by atoms with Crippen LogP contribution in [0.15, 0.2) is 36.4 Å². The Bertz CT molecular complexity index is 723. The fraction of sp³-hybridized carbons (Fsp3) is 0. The second kappa shape index (κ2) is 3.80. The quantitative estimate of drug-likeness (QED) is 0.646. The molecule has 1 aliphatic heterocycles. The lowest BCUT2D eigenvalue weighted by Gasteiger charge is -2.22. The number of fused-ring (bicyclic) bond motifs is 2. The van der Waals surface area contributed by atoms with E-state index < -0.39 is 0 Å². The predicted octanol–water partition coefficient (Wildman–Crippen LogP) is 3.28. The molecule has 1 heterocycles. The van der Waals surface area contributed by atoms with E-state index in [1.54, 1.807) is 12.1 Å². The summed E-state index contributed by atoms with van der Waals surface area (Å²) in [7, 11) is 0. The first-order valence-corrected chi connectivity index (χ1v) is 5.34. The summed E-state index contributed by atoms with van der Waals surface area (Å²) in [6, 6.07) is 14.8. The van der Waals surface area contributed by atoms with Crippen molar-refractivity contribution >= 4 is 11.4 Å². The van der Waals surface area contributed by atoms with E-state index in [0.29, 0.717) is 28.3 Å². The lowest BCUT2D eigenvalue weighted by molar-refractivity contribution is 0.481. The van der Waals surface area contributed by atoms with Gasteiger partial charge < -0.3 is 10.1 Å². The first kappa shape index (κ1) is 10.2. The van der Waals surface area contributed by atoms with Crippen LogP contribution in [0.3, 0.4) is 0 Å². The van der Waals surface area contributed by atoms with Gasteiger partial charge in [-0.25, -0.2) is 0 Å². The van der Waals surface area contributed by atoms with Crippen molar-refractivity contribution in [2.75, 3.05) is 5.32 Å². The number of anilines is 2. The van der Waals surface area contributed by atoms with Crippen molar-refractivity contribution in [3.8, 4) is 23.6 Å². The standard InChI is InChI=1S/C14H7N3O/c15-7-9-5-6-13-14(10(9)8-16)17-11-3-1-2-4-12(11)18-13/h1-6,17H. The summed E-state index contributed by atoms with van der Waals surface area (Å²) in [5, 5.41) is 21.3. The number of rotatable bonds is 0. The molecule has 0 aromatic heterocycles. The molecule has 0 fully saturated rings. The van der Waals surface area contributed by atoms with Crippen LogP contribution in [0.4, 0.5) is 11.4 Å². The number of benzene rings is 2. The molecule has 0 spiro atoms. The summed E-state index contributed by atoms with van der Waals surface area (Å²) < 4.78 is 5.70. The molecule has 0 amide bonds. The summed E-state index contributed by atoms with van der Waals surface area (Å²) in [4.78, 5) is 0. The summed E-state index contributed by atoms with van der Waals surface area (Å²) in [5.74, 6) is 1.27. The second-order valence-electron chi connectivity index (χ2n) is 3.81. The minimum absolute atomic E-state index is 0.310. The minimum atomic E-state index is 0.310. The smallest absolute Gasteiger partial charge is 0.152 e. The molecule has 1 aliphatic rings. The maximum Gasteiger partial charge on any atom is 0.152 e. The SMILES string of the molecule is N#Cc1ccc2c(c1C#N)Nc1ccccc1O2. The average Bonchev–Trinajstić information content (AvgIpc) is 2.43. The number of hydrogen-bond acceptors (Lipinski definition) is 4. The number of nitrogens with one attached hydrogen (secondary N) is 1. The summed E-state index contributed by atoms with van der Waals surface area (Å²) >= 11 is 0. The van der Waals surface area contributed by atoms with Crippen LogP contribution in [-0.2, 0) is 0 Å². The largest absolute Gasteiger partial charge is 0.453 e. The molecular formula is C14H7N3O. The molecule has 2 aromatic carbocycles. The van der Waals surface area contributed by atoms with Gasteiger partial charge in [-0.1, -0.05) is 12.1 Å². The summed E-state index contributed by atoms with van der Waals surface area (Å²) in [6.07, 6.45) is 0. The first-order chi connectivity index (χ1) is 8.83. The third-order valence-corrected chi connectivity index (χ3v) is 2.77. The van der Waals surface area contributed by atoms with E-state index in [1.807, 2.05) is 36.4 Å². The van der Waals surface area contributed by atoms with Gasteiger partial charge in [0.25, 0.3) is 0 Å². The molecule has 3 rings (SSSR count). The van der Waals surface area contributed by atoms with Gasteiger partial charge in [-0.2, -0.15) is 10.5 Å². The highest BCUT2D eigenvalue weighted by molar-refractivity contribution is 5.81. The zero-order valence-corrected chi connectivity index (χ0v) is 9.27. The van der Waals surface area contributed by atoms with E-state index in [-0.39, 0.29) is 0 Å². The topological polar surface area (TPSA) is 68.8 Å². The zero-order valence-electron chi connectivity index (χ0n) is 9.27. The summed E-state index contributed by atoms with van der Waals surface area (Å²) in [6.45, 7) is 0. The Labute approximate surface area is 104 Å². The van der Waals surface area contributed by atoms with Crippen molar-refractivity contribution in [1.82, 2.24) is 0 Å². The molecular weight excluding hydrogens is 226 g/mol. The molecule has 18 heavy (non-hydrogen) atoms. The van der Waals surface area contributed by atoms with Crippen molar-refractivity contribution in [3.05, 3.63) is 47.5 Å². The zero-order chi connectivity index (χ0) is 12.5. The second-order valence-corrected chi connectivity index (χ2v) is 3.81. The lowest BCUT2D eigenvalue weighted by atomic mass is 10.0. The molecule has 0 aliphatic carbocycles. The average molecular weight is 233 g/mol. The van der Waals surface area contributed by atoms with E-state index in [0.717, 1.165) is 5.69 Å². The van der Waals surface area contributed by atoms with Gasteiger partial charge in [-0.15, -0.1) is 0 Å². The van der Waals surface area contributed by atoms with Crippen molar-refractivity contribution in [2.45, 2.75) is 0 Å². The third kappa shape index (κ3) is 1.37. The number of ether oxygens (including phenoxy) is 1. The molecule has 0 radical (unpaired) electrons. The Hall–Kier alpha value is -2.98. The molecule has 0 saturated carbocycles. The Morgan fingerprint density at radius 2 is 1.78 bits per heavy atom. The molecule has 0 saturated heterocycles. The summed E-state index contributed by atoms with van der Waals surface area (Å²) in [5.41, 5.74) is 1.99. The van der Waals surface area contributed by atoms with Crippen LogP contribution in [-0.4, -0.2) is 0 Å². The van der Waals surface area contributed by atoms with Gasteiger partial charge in [0, 0.05) is 0 Å². The fourth-order valence-electron chi connectivity index (χ4n) is 1.91. The molecule has 84 valence electrons. The van der Waals surface area contributed by atoms with Gasteiger partial charge in [-0.3, -0.25) is 0 Å². The van der Waals surface area contributed by atoms with Gasteiger partial charge >= 0.3 is 0 Å². The van der Waals surface area contributed by atoms with E-state index in [2.05, 4.69) is 5.32 Å². The van der Waals surface area contributed by atoms with Crippen LogP contribution in [0.1, 0.15) is 11.1 Å². The van der Waals surface area contributed by atoms with Gasteiger partial charge in [0.2, 0.25) is 0 Å². The van der Waals surface area contributed by atoms with E-state index in [1.165, 1.54) is 0 Å². The van der Waals surface area contributed by atoms with Gasteiger partial charge in [-0.05, 0) is 24.3 Å². The highest BCUT2D eigenvalue weighted by atomic mass is 16.5. The maximum atomic E-state index is 9.16. The Kier molecular flexibility index (Phi) is 2.15. The van der Waals surface area contributed by atoms with Gasteiger partial charge in [0.1, 0.15) is 17.8 Å². The van der Waals surface area contributed by atoms with Crippen molar-refractivity contribution in [3.63, 3.8) is 0 Å². The van der Waals surface area contributed by atoms with E-state index in [4.69, 9.17) is 15.3 Å². The van der Waals surface area contributed by atoms with E-state index >= 15 is 0 Å². The third-order valence-electron chi connectivity index (χ3n) is 2.77. The highest BCUT2D eigenvalue weighted by Gasteiger charge is 2.21. The van der Waals surface area contributed by atoms with Crippen LogP contribution in [0, 0.1) is 22.7 Å². The van der Waals surface area contributed by atoms with E-state index in [9.17, 15) is 0 Å². The Morgan fingerprint density at radius 1 is 0.944 bits per heavy atom. The number of para-hydroxylation sites is 2. The normalized spacial score (nSPS) is 11.0. The van der Waals surface area contributed by atoms with Crippen molar-refractivity contribution < 1.29 is 4.74 Å². The van der Waals surface area contributed by atoms with Crippen LogP contribution >= 0.6 is 0 Å². The monoisotopic (exact) mass is 233 g/mol. The van der Waals surface area contributed by atoms with Gasteiger partial charge in [0.05, 0.1) is 16.8 Å². The first-order valence-electron chi connectivity index (χ1n) is 5.34.